The SMILES string of the molecule is CNc1cc(-c2cn([C@H]3CC3(F)F)c3ncccc23)nc2c(C(=O)N[C@@H]3CC[C@@H]3O)cnn12. The average Bonchev–Trinajstić information content (AvgIpc) is 3.16. The van der Waals surface area contributed by atoms with Gasteiger partial charge in [-0.05, 0) is 25.0 Å². The standard InChI is InChI=1S/C22H21F2N7O2/c1-25-18-7-15(13-10-30(17-8-22(17,23)24)19-11(13)3-2-6-26-19)28-20-12(9-27-31(18)20)21(33)29-14-4-5-16(14)32/h2-3,6-7,9-10,14,16-17,25,32H,4-5,8H2,1H3,(H,29,33)/t14-,16+,17+/m1/s1. The molecule has 0 aromatic carbocycles. The molecule has 4 aromatic rings. The number of carbonyl (C=O) groups excluding carboxylic acids is 1. The zero-order valence-electron chi connectivity index (χ0n) is 17.7. The van der Waals surface area contributed by atoms with Crippen molar-refractivity contribution in [2.45, 2.75) is 43.4 Å². The van der Waals surface area contributed by atoms with Crippen LogP contribution in [0.4, 0.5) is 14.6 Å². The Morgan fingerprint density at radius 2 is 2.12 bits per heavy atom. The van der Waals surface area contributed by atoms with Gasteiger partial charge in [0.15, 0.2) is 5.65 Å². The molecule has 0 saturated heterocycles. The van der Waals surface area contributed by atoms with Gasteiger partial charge in [0.05, 0.1) is 24.0 Å². The molecule has 2 aliphatic rings. The van der Waals surface area contributed by atoms with Crippen LogP contribution in [0.3, 0.4) is 0 Å². The number of halogens is 2. The zero-order chi connectivity index (χ0) is 22.9. The molecule has 1 amide bonds. The molecule has 0 bridgehead atoms. The van der Waals surface area contributed by atoms with Crippen LogP contribution in [0.25, 0.3) is 27.9 Å². The molecule has 6 rings (SSSR count). The summed E-state index contributed by atoms with van der Waals surface area (Å²) in [6, 6.07) is 4.11. The summed E-state index contributed by atoms with van der Waals surface area (Å²) in [7, 11) is 1.72. The van der Waals surface area contributed by atoms with Gasteiger partial charge in [-0.2, -0.15) is 9.61 Å². The van der Waals surface area contributed by atoms with Gasteiger partial charge in [-0.1, -0.05) is 0 Å². The van der Waals surface area contributed by atoms with E-state index in [1.165, 1.54) is 15.3 Å². The van der Waals surface area contributed by atoms with Crippen molar-refractivity contribution in [2.24, 2.45) is 0 Å². The van der Waals surface area contributed by atoms with E-state index < -0.39 is 18.1 Å². The van der Waals surface area contributed by atoms with Crippen molar-refractivity contribution in [3.8, 4) is 11.3 Å². The van der Waals surface area contributed by atoms with E-state index >= 15 is 0 Å². The van der Waals surface area contributed by atoms with Crippen LogP contribution in [0, 0.1) is 0 Å². The summed E-state index contributed by atoms with van der Waals surface area (Å²) >= 11 is 0. The molecule has 9 nitrogen and oxygen atoms in total. The molecule has 2 fully saturated rings. The van der Waals surface area contributed by atoms with Gasteiger partial charge in [-0.15, -0.1) is 0 Å². The van der Waals surface area contributed by atoms with E-state index in [1.807, 2.05) is 6.07 Å². The fourth-order valence-corrected chi connectivity index (χ4v) is 4.36. The molecular formula is C22H21F2N7O2. The molecular weight excluding hydrogens is 432 g/mol. The Labute approximate surface area is 186 Å². The lowest BCUT2D eigenvalue weighted by Gasteiger charge is -2.32. The van der Waals surface area contributed by atoms with Gasteiger partial charge >= 0.3 is 0 Å². The number of amides is 1. The van der Waals surface area contributed by atoms with Crippen molar-refractivity contribution in [2.75, 3.05) is 12.4 Å². The van der Waals surface area contributed by atoms with E-state index in [-0.39, 0.29) is 23.9 Å². The van der Waals surface area contributed by atoms with Crippen molar-refractivity contribution in [1.29, 1.82) is 0 Å². The predicted molar refractivity (Wildman–Crippen MR) is 116 cm³/mol. The number of pyridine rings is 1. The lowest BCUT2D eigenvalue weighted by molar-refractivity contribution is 0.0448. The van der Waals surface area contributed by atoms with E-state index in [4.69, 9.17) is 4.98 Å². The van der Waals surface area contributed by atoms with E-state index in [1.54, 1.807) is 31.6 Å². The second-order valence-electron chi connectivity index (χ2n) is 8.60. The molecule has 2 aliphatic carbocycles. The molecule has 4 heterocycles. The highest BCUT2D eigenvalue weighted by molar-refractivity contribution is 6.01. The third-order valence-corrected chi connectivity index (χ3v) is 6.52. The minimum Gasteiger partial charge on any atom is -0.391 e. The number of hydrogen-bond acceptors (Lipinski definition) is 6. The molecule has 0 unspecified atom stereocenters. The number of aromatic nitrogens is 5. The number of alkyl halides is 2. The Morgan fingerprint density at radius 1 is 1.30 bits per heavy atom. The molecule has 2 saturated carbocycles. The van der Waals surface area contributed by atoms with Crippen molar-refractivity contribution < 1.29 is 18.7 Å². The van der Waals surface area contributed by atoms with Crippen LogP contribution in [-0.2, 0) is 0 Å². The number of anilines is 1. The summed E-state index contributed by atoms with van der Waals surface area (Å²) in [6.45, 7) is 0. The summed E-state index contributed by atoms with van der Waals surface area (Å²) in [5.41, 5.74) is 2.20. The molecule has 170 valence electrons. The minimum atomic E-state index is -2.75. The minimum absolute atomic E-state index is 0.221. The highest BCUT2D eigenvalue weighted by atomic mass is 19.3. The fourth-order valence-electron chi connectivity index (χ4n) is 4.36. The largest absolute Gasteiger partial charge is 0.391 e. The van der Waals surface area contributed by atoms with E-state index in [2.05, 4.69) is 20.7 Å². The lowest BCUT2D eigenvalue weighted by atomic mass is 9.89. The first-order chi connectivity index (χ1) is 15.9. The Balaban J connectivity index is 1.48. The first-order valence-electron chi connectivity index (χ1n) is 10.8. The number of nitrogens with one attached hydrogen (secondary N) is 2. The number of rotatable bonds is 5. The topological polar surface area (TPSA) is 109 Å². The Bertz CT molecular complexity index is 1410. The van der Waals surface area contributed by atoms with Crippen molar-refractivity contribution >= 4 is 28.4 Å². The third-order valence-electron chi connectivity index (χ3n) is 6.52. The molecule has 4 aromatic heterocycles. The summed E-state index contributed by atoms with van der Waals surface area (Å²) in [5, 5.41) is 20.7. The summed E-state index contributed by atoms with van der Waals surface area (Å²) in [5.74, 6) is -2.54. The number of fused-ring (bicyclic) bond motifs is 2. The molecule has 3 N–H and O–H groups in total. The van der Waals surface area contributed by atoms with Gasteiger partial charge < -0.3 is 20.3 Å². The molecule has 0 radical (unpaired) electrons. The zero-order valence-corrected chi connectivity index (χ0v) is 17.7. The van der Waals surface area contributed by atoms with Crippen LogP contribution in [-0.4, -0.2) is 60.3 Å². The van der Waals surface area contributed by atoms with Crippen LogP contribution >= 0.6 is 0 Å². The number of hydrogen-bond donors (Lipinski definition) is 3. The van der Waals surface area contributed by atoms with Gasteiger partial charge in [-0.3, -0.25) is 4.79 Å². The fraction of sp³-hybridized carbons (Fsp3) is 0.364. The highest BCUT2D eigenvalue weighted by Crippen LogP contribution is 2.54. The maximum atomic E-state index is 13.9. The quantitative estimate of drug-likeness (QED) is 0.429. The number of aliphatic hydroxyl groups is 1. The maximum absolute atomic E-state index is 13.9. The van der Waals surface area contributed by atoms with Crippen LogP contribution < -0.4 is 10.6 Å². The summed E-state index contributed by atoms with van der Waals surface area (Å²) < 4.78 is 30.8. The first kappa shape index (κ1) is 20.0. The van der Waals surface area contributed by atoms with Gasteiger partial charge in [0.2, 0.25) is 0 Å². The smallest absolute Gasteiger partial charge is 0.270 e. The van der Waals surface area contributed by atoms with Crippen LogP contribution in [0.2, 0.25) is 0 Å². The van der Waals surface area contributed by atoms with Gasteiger partial charge in [0.1, 0.15) is 23.1 Å². The van der Waals surface area contributed by atoms with Crippen LogP contribution in [0.1, 0.15) is 35.7 Å². The predicted octanol–water partition coefficient (Wildman–Crippen LogP) is 2.62. The summed E-state index contributed by atoms with van der Waals surface area (Å²) in [6.07, 6.45) is 5.26. The second kappa shape index (κ2) is 6.95. The van der Waals surface area contributed by atoms with Crippen LogP contribution in [0.15, 0.2) is 36.8 Å². The number of carbonyl (C=O) groups is 1. The van der Waals surface area contributed by atoms with E-state index in [0.717, 1.165) is 0 Å². The maximum Gasteiger partial charge on any atom is 0.270 e. The molecule has 11 heteroatoms. The van der Waals surface area contributed by atoms with E-state index in [9.17, 15) is 18.7 Å². The molecule has 0 spiro atoms. The Kier molecular flexibility index (Phi) is 4.22. The number of aliphatic hydroxyl groups excluding tert-OH is 1. The molecule has 3 atom stereocenters. The highest BCUT2D eigenvalue weighted by Gasteiger charge is 2.58. The monoisotopic (exact) mass is 453 g/mol. The molecule has 33 heavy (non-hydrogen) atoms. The Hall–Kier alpha value is -3.60. The summed E-state index contributed by atoms with van der Waals surface area (Å²) in [4.78, 5) is 21.9. The first-order valence-corrected chi connectivity index (χ1v) is 10.8. The number of nitrogens with zero attached hydrogens (tertiary/aromatic N) is 5. The van der Waals surface area contributed by atoms with Gasteiger partial charge in [0.25, 0.3) is 11.8 Å². The Morgan fingerprint density at radius 3 is 2.79 bits per heavy atom. The van der Waals surface area contributed by atoms with Gasteiger partial charge in [0, 0.05) is 42.9 Å². The van der Waals surface area contributed by atoms with Crippen molar-refractivity contribution in [3.63, 3.8) is 0 Å². The van der Waals surface area contributed by atoms with Crippen molar-refractivity contribution in [1.82, 2.24) is 29.5 Å². The normalized spacial score (nSPS) is 23.5. The van der Waals surface area contributed by atoms with Crippen molar-refractivity contribution in [3.05, 3.63) is 42.4 Å². The molecule has 0 aliphatic heterocycles. The van der Waals surface area contributed by atoms with Gasteiger partial charge in [-0.25, -0.2) is 18.7 Å². The van der Waals surface area contributed by atoms with Crippen LogP contribution in [0.5, 0.6) is 0 Å². The van der Waals surface area contributed by atoms with E-state index in [0.29, 0.717) is 46.6 Å². The third kappa shape index (κ3) is 3.06. The average molecular weight is 453 g/mol. The second-order valence-corrected chi connectivity index (χ2v) is 8.60. The lowest BCUT2D eigenvalue weighted by Crippen LogP contribution is -2.50.